The number of rotatable bonds is 3. The first-order valence-electron chi connectivity index (χ1n) is 8.54. The van der Waals surface area contributed by atoms with Crippen molar-refractivity contribution >= 4 is 28.5 Å². The molecule has 1 aromatic heterocycles. The first kappa shape index (κ1) is 19.7. The van der Waals surface area contributed by atoms with E-state index in [4.69, 9.17) is 0 Å². The normalized spacial score (nSPS) is 14.4. The molecule has 2 aromatic rings. The predicted octanol–water partition coefficient (Wildman–Crippen LogP) is 0.464. The van der Waals surface area contributed by atoms with E-state index >= 15 is 0 Å². The third-order valence-corrected chi connectivity index (χ3v) is 5.45. The van der Waals surface area contributed by atoms with Gasteiger partial charge in [-0.25, -0.2) is 9.18 Å². The Morgan fingerprint density at radius 3 is 2.48 bits per heavy atom. The molecule has 0 saturated carbocycles. The molecular formula is C18H20FIN4O3. The summed E-state index contributed by atoms with van der Waals surface area (Å²) in [6.07, 6.45) is -0.0161. The zero-order chi connectivity index (χ0) is 19.7. The standard InChI is InChI=1S/C18H20FIN4O3/c1-22-14(9-11-3-4-12(20)10-13(11)19)15(16(25)23(2)18(22)27)17(26)24-7-5-21-6-8-24/h3-4,10,21H,5-9H2,1-2H3. The lowest BCUT2D eigenvalue weighted by Gasteiger charge is -2.28. The summed E-state index contributed by atoms with van der Waals surface area (Å²) in [6.45, 7) is 2.22. The van der Waals surface area contributed by atoms with Crippen molar-refractivity contribution in [3.05, 3.63) is 65.2 Å². The van der Waals surface area contributed by atoms with Crippen LogP contribution in [0.2, 0.25) is 0 Å². The van der Waals surface area contributed by atoms with Gasteiger partial charge >= 0.3 is 5.69 Å². The topological polar surface area (TPSA) is 76.3 Å². The van der Waals surface area contributed by atoms with Crippen LogP contribution in [0.4, 0.5) is 4.39 Å². The van der Waals surface area contributed by atoms with Crippen LogP contribution in [0.1, 0.15) is 21.6 Å². The van der Waals surface area contributed by atoms with E-state index in [1.165, 1.54) is 24.7 Å². The zero-order valence-electron chi connectivity index (χ0n) is 15.1. The largest absolute Gasteiger partial charge is 0.336 e. The molecule has 0 atom stereocenters. The Kier molecular flexibility index (Phi) is 5.80. The third kappa shape index (κ3) is 3.84. The quantitative estimate of drug-likeness (QED) is 0.641. The van der Waals surface area contributed by atoms with Crippen molar-refractivity contribution in [2.75, 3.05) is 26.2 Å². The average Bonchev–Trinajstić information content (AvgIpc) is 2.66. The Morgan fingerprint density at radius 1 is 1.19 bits per heavy atom. The number of nitrogens with zero attached hydrogens (tertiary/aromatic N) is 3. The minimum Gasteiger partial charge on any atom is -0.336 e. The van der Waals surface area contributed by atoms with Gasteiger partial charge in [0.1, 0.15) is 11.4 Å². The van der Waals surface area contributed by atoms with Crippen molar-refractivity contribution in [2.45, 2.75) is 6.42 Å². The maximum atomic E-state index is 14.4. The van der Waals surface area contributed by atoms with E-state index in [0.29, 0.717) is 31.7 Å². The highest BCUT2D eigenvalue weighted by atomic mass is 127. The maximum Gasteiger partial charge on any atom is 0.330 e. The Labute approximate surface area is 168 Å². The second kappa shape index (κ2) is 7.93. The van der Waals surface area contributed by atoms with Crippen LogP contribution in [-0.2, 0) is 20.5 Å². The molecule has 2 heterocycles. The minimum absolute atomic E-state index is 0.0161. The molecule has 0 radical (unpaired) electrons. The summed E-state index contributed by atoms with van der Waals surface area (Å²) in [5, 5.41) is 3.15. The number of hydrogen-bond acceptors (Lipinski definition) is 4. The van der Waals surface area contributed by atoms with Crippen molar-refractivity contribution in [3.8, 4) is 0 Å². The van der Waals surface area contributed by atoms with Gasteiger partial charge in [0, 0.05) is 56.0 Å². The van der Waals surface area contributed by atoms with Gasteiger partial charge in [-0.2, -0.15) is 0 Å². The number of hydrogen-bond donors (Lipinski definition) is 1. The van der Waals surface area contributed by atoms with Gasteiger partial charge in [0.05, 0.1) is 0 Å². The van der Waals surface area contributed by atoms with Crippen LogP contribution in [0.15, 0.2) is 27.8 Å². The van der Waals surface area contributed by atoms with Crippen LogP contribution in [0.3, 0.4) is 0 Å². The number of aromatic nitrogens is 2. The molecule has 144 valence electrons. The molecule has 1 aromatic carbocycles. The fraction of sp³-hybridized carbons (Fsp3) is 0.389. The lowest BCUT2D eigenvalue weighted by Crippen LogP contribution is -2.50. The summed E-state index contributed by atoms with van der Waals surface area (Å²) in [7, 11) is 2.84. The van der Waals surface area contributed by atoms with E-state index in [1.54, 1.807) is 17.0 Å². The second-order valence-corrected chi connectivity index (χ2v) is 7.73. The van der Waals surface area contributed by atoms with Crippen molar-refractivity contribution < 1.29 is 9.18 Å². The summed E-state index contributed by atoms with van der Waals surface area (Å²) in [5.74, 6) is -0.857. The van der Waals surface area contributed by atoms with Gasteiger partial charge in [-0.3, -0.25) is 18.7 Å². The molecule has 1 fully saturated rings. The molecule has 0 bridgehead atoms. The lowest BCUT2D eigenvalue weighted by molar-refractivity contribution is 0.0730. The summed E-state index contributed by atoms with van der Waals surface area (Å²) in [4.78, 5) is 39.8. The van der Waals surface area contributed by atoms with Gasteiger partial charge < -0.3 is 10.2 Å². The highest BCUT2D eigenvalue weighted by Gasteiger charge is 2.27. The summed E-state index contributed by atoms with van der Waals surface area (Å²) in [5.41, 5.74) is -0.709. The predicted molar refractivity (Wildman–Crippen MR) is 108 cm³/mol. The number of benzene rings is 1. The average molecular weight is 486 g/mol. The molecule has 3 rings (SSSR count). The molecule has 7 nitrogen and oxygen atoms in total. The Morgan fingerprint density at radius 2 is 1.85 bits per heavy atom. The minimum atomic E-state index is -0.650. The fourth-order valence-electron chi connectivity index (χ4n) is 3.18. The van der Waals surface area contributed by atoms with Gasteiger partial charge in [-0.15, -0.1) is 0 Å². The molecule has 9 heteroatoms. The van der Waals surface area contributed by atoms with Crippen LogP contribution in [-0.4, -0.2) is 46.1 Å². The van der Waals surface area contributed by atoms with Gasteiger partial charge in [0.15, 0.2) is 0 Å². The zero-order valence-corrected chi connectivity index (χ0v) is 17.2. The Hall–Kier alpha value is -2.01. The molecule has 0 aliphatic carbocycles. The first-order chi connectivity index (χ1) is 12.8. The van der Waals surface area contributed by atoms with E-state index in [1.807, 2.05) is 22.6 Å². The summed E-state index contributed by atoms with van der Waals surface area (Å²) < 4.78 is 17.3. The smallest absolute Gasteiger partial charge is 0.330 e. The van der Waals surface area contributed by atoms with Gasteiger partial charge in [-0.05, 0) is 40.3 Å². The second-order valence-electron chi connectivity index (χ2n) is 6.48. The van der Waals surface area contributed by atoms with E-state index in [-0.39, 0.29) is 17.7 Å². The Bertz CT molecular complexity index is 1010. The number of halogens is 2. The van der Waals surface area contributed by atoms with Crippen LogP contribution in [0, 0.1) is 9.39 Å². The molecule has 1 N–H and O–H groups in total. The molecule has 1 saturated heterocycles. The third-order valence-electron chi connectivity index (χ3n) is 4.78. The molecule has 1 aliphatic rings. The number of amides is 1. The van der Waals surface area contributed by atoms with Crippen molar-refractivity contribution in [1.29, 1.82) is 0 Å². The number of nitrogens with one attached hydrogen (secondary N) is 1. The number of carbonyl (C=O) groups is 1. The van der Waals surface area contributed by atoms with Crippen LogP contribution in [0.5, 0.6) is 0 Å². The molecule has 0 spiro atoms. The van der Waals surface area contributed by atoms with E-state index in [2.05, 4.69) is 5.32 Å². The van der Waals surface area contributed by atoms with Crippen LogP contribution < -0.4 is 16.6 Å². The first-order valence-corrected chi connectivity index (χ1v) is 9.62. The van der Waals surface area contributed by atoms with Gasteiger partial charge in [0.25, 0.3) is 11.5 Å². The summed E-state index contributed by atoms with van der Waals surface area (Å²) in [6, 6.07) is 4.74. The maximum absolute atomic E-state index is 14.4. The van der Waals surface area contributed by atoms with Crippen LogP contribution >= 0.6 is 22.6 Å². The fourth-order valence-corrected chi connectivity index (χ4v) is 3.63. The monoisotopic (exact) mass is 486 g/mol. The van der Waals surface area contributed by atoms with E-state index in [9.17, 15) is 18.8 Å². The molecule has 0 unspecified atom stereocenters. The SMILES string of the molecule is Cn1c(Cc2ccc(I)cc2F)c(C(=O)N2CCNCC2)c(=O)n(C)c1=O. The molecule has 1 aliphatic heterocycles. The summed E-state index contributed by atoms with van der Waals surface area (Å²) >= 11 is 2.01. The number of carbonyl (C=O) groups excluding carboxylic acids is 1. The lowest BCUT2D eigenvalue weighted by atomic mass is 10.0. The molecular weight excluding hydrogens is 466 g/mol. The number of piperazine rings is 1. The van der Waals surface area contributed by atoms with Gasteiger partial charge in [0.2, 0.25) is 0 Å². The molecule has 1 amide bonds. The highest BCUT2D eigenvalue weighted by molar-refractivity contribution is 14.1. The van der Waals surface area contributed by atoms with Crippen molar-refractivity contribution in [1.82, 2.24) is 19.4 Å². The van der Waals surface area contributed by atoms with Crippen LogP contribution in [0.25, 0.3) is 0 Å². The van der Waals surface area contributed by atoms with E-state index in [0.717, 1.165) is 8.14 Å². The van der Waals surface area contributed by atoms with Crippen molar-refractivity contribution in [3.63, 3.8) is 0 Å². The highest BCUT2D eigenvalue weighted by Crippen LogP contribution is 2.18. The Balaban J connectivity index is 2.15. The van der Waals surface area contributed by atoms with E-state index < -0.39 is 23.0 Å². The van der Waals surface area contributed by atoms with Gasteiger partial charge in [-0.1, -0.05) is 6.07 Å². The molecule has 27 heavy (non-hydrogen) atoms. The van der Waals surface area contributed by atoms with Crippen molar-refractivity contribution in [2.24, 2.45) is 14.1 Å².